The maximum absolute atomic E-state index is 11.6. The Hall–Kier alpha value is -1.81. The van der Waals surface area contributed by atoms with Gasteiger partial charge in [0.15, 0.2) is 0 Å². The number of carbonyl (C=O) groups is 1. The van der Waals surface area contributed by atoms with Gasteiger partial charge in [0.05, 0.1) is 5.56 Å². The third-order valence-corrected chi connectivity index (χ3v) is 3.46. The quantitative estimate of drug-likeness (QED) is 0.598. The third-order valence-electron chi connectivity index (χ3n) is 2.47. The van der Waals surface area contributed by atoms with Crippen LogP contribution in [-0.4, -0.2) is 23.3 Å². The van der Waals surface area contributed by atoms with E-state index in [0.29, 0.717) is 12.2 Å². The second-order valence-corrected chi connectivity index (χ2v) is 5.02. The van der Waals surface area contributed by atoms with E-state index in [0.717, 1.165) is 11.5 Å². The van der Waals surface area contributed by atoms with Gasteiger partial charge < -0.3 is 4.74 Å². The molecule has 0 N–H and O–H groups in total. The molecule has 0 aliphatic heterocycles. The lowest BCUT2D eigenvalue weighted by Crippen LogP contribution is -2.08. The molecular weight excluding hydrogens is 258 g/mol. The molecule has 1 aromatic heterocycles. The summed E-state index contributed by atoms with van der Waals surface area (Å²) >= 11 is 1.75. The molecule has 0 atom stereocenters. The number of benzene rings is 1. The Morgan fingerprint density at radius 2 is 2.00 bits per heavy atom. The van der Waals surface area contributed by atoms with Gasteiger partial charge in [-0.1, -0.05) is 30.3 Å². The van der Waals surface area contributed by atoms with Crippen LogP contribution in [0.1, 0.15) is 15.9 Å². The summed E-state index contributed by atoms with van der Waals surface area (Å²) in [6.07, 6.45) is 3.14. The van der Waals surface area contributed by atoms with Crippen molar-refractivity contribution in [2.45, 2.75) is 5.75 Å². The fraction of sp³-hybridized carbons (Fsp3) is 0.200. The van der Waals surface area contributed by atoms with Gasteiger partial charge >= 0.3 is 5.97 Å². The molecular formula is C15H15NO2S. The van der Waals surface area contributed by atoms with Crippen LogP contribution in [0.3, 0.4) is 0 Å². The van der Waals surface area contributed by atoms with Crippen LogP contribution in [0, 0.1) is 0 Å². The molecule has 0 amide bonds. The summed E-state index contributed by atoms with van der Waals surface area (Å²) in [4.78, 5) is 15.5. The Balaban J connectivity index is 1.63. The Bertz CT molecular complexity index is 502. The summed E-state index contributed by atoms with van der Waals surface area (Å²) < 4.78 is 5.17. The van der Waals surface area contributed by atoms with Gasteiger partial charge in [0.2, 0.25) is 0 Å². The zero-order chi connectivity index (χ0) is 13.3. The van der Waals surface area contributed by atoms with E-state index in [9.17, 15) is 4.79 Å². The van der Waals surface area contributed by atoms with Gasteiger partial charge in [0.25, 0.3) is 0 Å². The molecule has 0 spiro atoms. The molecule has 0 unspecified atom stereocenters. The van der Waals surface area contributed by atoms with Gasteiger partial charge in [-0.15, -0.1) is 0 Å². The minimum absolute atomic E-state index is 0.312. The van der Waals surface area contributed by atoms with E-state index in [2.05, 4.69) is 17.1 Å². The number of pyridine rings is 1. The lowest BCUT2D eigenvalue weighted by Gasteiger charge is -2.04. The predicted molar refractivity (Wildman–Crippen MR) is 77.1 cm³/mol. The summed E-state index contributed by atoms with van der Waals surface area (Å²) in [6.45, 7) is 0.422. The lowest BCUT2D eigenvalue weighted by atomic mass is 10.2. The zero-order valence-corrected chi connectivity index (χ0v) is 11.3. The lowest BCUT2D eigenvalue weighted by molar-refractivity contribution is 0.0530. The second-order valence-electron chi connectivity index (χ2n) is 3.92. The van der Waals surface area contributed by atoms with Gasteiger partial charge in [-0.3, -0.25) is 4.98 Å². The Kier molecular flexibility index (Phi) is 5.44. The van der Waals surface area contributed by atoms with Gasteiger partial charge in [-0.25, -0.2) is 4.79 Å². The van der Waals surface area contributed by atoms with Crippen LogP contribution in [0.2, 0.25) is 0 Å². The molecule has 0 saturated carbocycles. The Morgan fingerprint density at radius 3 is 2.74 bits per heavy atom. The topological polar surface area (TPSA) is 39.2 Å². The van der Waals surface area contributed by atoms with E-state index in [-0.39, 0.29) is 5.97 Å². The summed E-state index contributed by atoms with van der Waals surface area (Å²) in [5.41, 5.74) is 1.78. The summed E-state index contributed by atoms with van der Waals surface area (Å²) in [6, 6.07) is 13.7. The van der Waals surface area contributed by atoms with Crippen molar-refractivity contribution in [2.24, 2.45) is 0 Å². The minimum Gasteiger partial charge on any atom is -0.461 e. The number of nitrogens with zero attached hydrogens (tertiary/aromatic N) is 1. The highest BCUT2D eigenvalue weighted by atomic mass is 32.2. The highest BCUT2D eigenvalue weighted by Crippen LogP contribution is 2.11. The maximum Gasteiger partial charge on any atom is 0.339 e. The summed E-state index contributed by atoms with van der Waals surface area (Å²) in [5.74, 6) is 1.42. The largest absolute Gasteiger partial charge is 0.461 e. The molecule has 2 aromatic rings. The molecule has 0 aliphatic rings. The van der Waals surface area contributed by atoms with E-state index in [4.69, 9.17) is 4.74 Å². The van der Waals surface area contributed by atoms with Crippen LogP contribution in [0.25, 0.3) is 0 Å². The van der Waals surface area contributed by atoms with Gasteiger partial charge in [-0.05, 0) is 17.7 Å². The molecule has 0 bridgehead atoms. The summed E-state index contributed by atoms with van der Waals surface area (Å²) in [5, 5.41) is 0. The first kappa shape index (κ1) is 13.6. The number of hydrogen-bond donors (Lipinski definition) is 0. The van der Waals surface area contributed by atoms with Gasteiger partial charge in [-0.2, -0.15) is 11.8 Å². The van der Waals surface area contributed by atoms with Gasteiger partial charge in [0.1, 0.15) is 6.61 Å². The number of ether oxygens (including phenoxy) is 1. The van der Waals surface area contributed by atoms with E-state index in [1.807, 2.05) is 18.2 Å². The normalized spacial score (nSPS) is 10.1. The number of aromatic nitrogens is 1. The van der Waals surface area contributed by atoms with E-state index < -0.39 is 0 Å². The van der Waals surface area contributed by atoms with Gasteiger partial charge in [0, 0.05) is 23.9 Å². The third kappa shape index (κ3) is 4.75. The van der Waals surface area contributed by atoms with Crippen molar-refractivity contribution in [3.8, 4) is 0 Å². The summed E-state index contributed by atoms with van der Waals surface area (Å²) in [7, 11) is 0. The van der Waals surface area contributed by atoms with Crippen LogP contribution in [0.15, 0.2) is 54.9 Å². The van der Waals surface area contributed by atoms with Crippen molar-refractivity contribution < 1.29 is 9.53 Å². The Morgan fingerprint density at radius 1 is 1.16 bits per heavy atom. The number of carbonyl (C=O) groups excluding carboxylic acids is 1. The minimum atomic E-state index is -0.312. The van der Waals surface area contributed by atoms with Crippen molar-refractivity contribution in [1.29, 1.82) is 0 Å². The van der Waals surface area contributed by atoms with Crippen LogP contribution in [-0.2, 0) is 10.5 Å². The van der Waals surface area contributed by atoms with Crippen molar-refractivity contribution in [2.75, 3.05) is 12.4 Å². The first-order valence-electron chi connectivity index (χ1n) is 6.05. The highest BCUT2D eigenvalue weighted by molar-refractivity contribution is 7.98. The fourth-order valence-electron chi connectivity index (χ4n) is 1.52. The van der Waals surface area contributed by atoms with Crippen molar-refractivity contribution in [1.82, 2.24) is 4.98 Å². The number of rotatable bonds is 6. The molecule has 0 fully saturated rings. The molecule has 0 aliphatic carbocycles. The maximum atomic E-state index is 11.6. The average molecular weight is 273 g/mol. The molecule has 0 saturated heterocycles. The molecule has 19 heavy (non-hydrogen) atoms. The highest BCUT2D eigenvalue weighted by Gasteiger charge is 2.05. The first-order valence-corrected chi connectivity index (χ1v) is 7.20. The second kappa shape index (κ2) is 7.59. The van der Waals surface area contributed by atoms with E-state index >= 15 is 0 Å². The van der Waals surface area contributed by atoms with Crippen molar-refractivity contribution in [3.63, 3.8) is 0 Å². The molecule has 1 heterocycles. The molecule has 3 nitrogen and oxygen atoms in total. The number of esters is 1. The van der Waals surface area contributed by atoms with Crippen LogP contribution < -0.4 is 0 Å². The number of hydrogen-bond acceptors (Lipinski definition) is 4. The van der Waals surface area contributed by atoms with Crippen LogP contribution in [0.4, 0.5) is 0 Å². The monoisotopic (exact) mass is 273 g/mol. The first-order chi connectivity index (χ1) is 9.36. The van der Waals surface area contributed by atoms with E-state index in [1.165, 1.54) is 11.8 Å². The Labute approximate surface area is 117 Å². The standard InChI is InChI=1S/C15H15NO2S/c17-15(14-7-4-8-16-11-14)18-9-10-19-12-13-5-2-1-3-6-13/h1-8,11H,9-10,12H2. The molecule has 1 aromatic carbocycles. The predicted octanol–water partition coefficient (Wildman–Crippen LogP) is 3.17. The van der Waals surface area contributed by atoms with Crippen molar-refractivity contribution in [3.05, 3.63) is 66.0 Å². The van der Waals surface area contributed by atoms with E-state index in [1.54, 1.807) is 30.1 Å². The van der Waals surface area contributed by atoms with Crippen LogP contribution >= 0.6 is 11.8 Å². The fourth-order valence-corrected chi connectivity index (χ4v) is 2.30. The van der Waals surface area contributed by atoms with Crippen molar-refractivity contribution >= 4 is 17.7 Å². The zero-order valence-electron chi connectivity index (χ0n) is 10.5. The smallest absolute Gasteiger partial charge is 0.339 e. The molecule has 2 rings (SSSR count). The van der Waals surface area contributed by atoms with Crippen LogP contribution in [0.5, 0.6) is 0 Å². The SMILES string of the molecule is O=C(OCCSCc1ccccc1)c1cccnc1. The average Bonchev–Trinajstić information content (AvgIpc) is 2.49. The molecule has 0 radical (unpaired) electrons. The number of thioether (sulfide) groups is 1. The molecule has 98 valence electrons. The molecule has 4 heteroatoms.